The van der Waals surface area contributed by atoms with Gasteiger partial charge in [-0.15, -0.1) is 0 Å². The Labute approximate surface area is 163 Å². The Balaban J connectivity index is 1.46. The first-order valence-corrected chi connectivity index (χ1v) is 9.68. The second-order valence-corrected chi connectivity index (χ2v) is 7.46. The molecule has 2 aromatic heterocycles. The molecule has 2 aromatic rings. The molecule has 0 saturated carbocycles. The van der Waals surface area contributed by atoms with Crippen molar-refractivity contribution in [2.75, 3.05) is 24.6 Å². The summed E-state index contributed by atoms with van der Waals surface area (Å²) in [7, 11) is 1.68. The number of carbonyl (C=O) groups is 1. The molecule has 1 amide bonds. The van der Waals surface area contributed by atoms with Crippen molar-refractivity contribution in [2.45, 2.75) is 38.8 Å². The van der Waals surface area contributed by atoms with Crippen LogP contribution in [-0.2, 0) is 24.8 Å². The van der Waals surface area contributed by atoms with Crippen LogP contribution < -0.4 is 15.8 Å². The molecule has 0 unspecified atom stereocenters. The minimum Gasteiger partial charge on any atom is -0.376 e. The zero-order valence-corrected chi connectivity index (χ0v) is 16.3. The normalized spacial score (nSPS) is 19.2. The molecule has 0 radical (unpaired) electrons. The fraction of sp³-hybridized carbons (Fsp3) is 0.500. The van der Waals surface area contributed by atoms with Crippen molar-refractivity contribution < 1.29 is 9.53 Å². The van der Waals surface area contributed by atoms with Gasteiger partial charge in [0.1, 0.15) is 5.56 Å². The number of ether oxygens (including phenoxy) is 1. The number of carbonyl (C=O) groups excluding carboxylic acids is 1. The van der Waals surface area contributed by atoms with E-state index < -0.39 is 0 Å². The quantitative estimate of drug-likeness (QED) is 0.849. The van der Waals surface area contributed by atoms with Crippen LogP contribution in [0.25, 0.3) is 0 Å². The van der Waals surface area contributed by atoms with Crippen molar-refractivity contribution in [3.8, 4) is 0 Å². The van der Waals surface area contributed by atoms with Gasteiger partial charge in [0.25, 0.3) is 11.5 Å². The maximum Gasteiger partial charge on any atom is 0.263 e. The third kappa shape index (κ3) is 3.64. The van der Waals surface area contributed by atoms with Crippen LogP contribution >= 0.6 is 0 Å². The second kappa shape index (κ2) is 7.71. The van der Waals surface area contributed by atoms with Crippen molar-refractivity contribution in [1.29, 1.82) is 0 Å². The number of nitrogens with zero attached hydrogens (tertiary/aromatic N) is 4. The van der Waals surface area contributed by atoms with Crippen molar-refractivity contribution >= 4 is 11.9 Å². The molecule has 2 aliphatic rings. The predicted molar refractivity (Wildman–Crippen MR) is 105 cm³/mol. The van der Waals surface area contributed by atoms with Crippen molar-refractivity contribution in [2.24, 2.45) is 7.05 Å². The lowest BCUT2D eigenvalue weighted by Gasteiger charge is -2.33. The number of nitrogens with one attached hydrogen (secondary N) is 1. The summed E-state index contributed by atoms with van der Waals surface area (Å²) >= 11 is 0. The van der Waals surface area contributed by atoms with E-state index in [1.165, 1.54) is 4.57 Å². The highest BCUT2D eigenvalue weighted by Crippen LogP contribution is 2.20. The fourth-order valence-electron chi connectivity index (χ4n) is 3.71. The summed E-state index contributed by atoms with van der Waals surface area (Å²) in [6, 6.07) is 3.34. The number of aryl methyl sites for hydroxylation is 1. The standard InChI is InChI=1S/C20H25N5O3/c1-13-5-6-16(19(27)24(13)2)18(26)22-15-4-3-8-25(11-15)20-21-10-14-12-28-9-7-17(14)23-20/h5-6,10,15H,3-4,7-9,11-12H2,1-2H3,(H,22,26)/t15-/m0/s1. The molecule has 0 aliphatic carbocycles. The Kier molecular flexibility index (Phi) is 5.13. The van der Waals surface area contributed by atoms with E-state index in [-0.39, 0.29) is 23.1 Å². The molecule has 1 atom stereocenters. The molecular weight excluding hydrogens is 358 g/mol. The molecule has 0 bridgehead atoms. The Morgan fingerprint density at radius 2 is 2.21 bits per heavy atom. The zero-order chi connectivity index (χ0) is 19.7. The molecule has 0 aromatic carbocycles. The Morgan fingerprint density at radius 1 is 1.36 bits per heavy atom. The highest BCUT2D eigenvalue weighted by molar-refractivity contribution is 5.94. The second-order valence-electron chi connectivity index (χ2n) is 7.46. The van der Waals surface area contributed by atoms with E-state index in [1.54, 1.807) is 19.2 Å². The maximum atomic E-state index is 12.6. The highest BCUT2D eigenvalue weighted by Gasteiger charge is 2.25. The molecular formula is C20H25N5O3. The molecule has 2 aliphatic heterocycles. The number of rotatable bonds is 3. The van der Waals surface area contributed by atoms with E-state index >= 15 is 0 Å². The van der Waals surface area contributed by atoms with Crippen LogP contribution in [0.3, 0.4) is 0 Å². The molecule has 8 nitrogen and oxygen atoms in total. The van der Waals surface area contributed by atoms with Crippen LogP contribution in [0.2, 0.25) is 0 Å². The molecule has 1 fully saturated rings. The average Bonchev–Trinajstić information content (AvgIpc) is 2.72. The highest BCUT2D eigenvalue weighted by atomic mass is 16.5. The number of anilines is 1. The van der Waals surface area contributed by atoms with Crippen molar-refractivity contribution in [1.82, 2.24) is 19.9 Å². The van der Waals surface area contributed by atoms with Gasteiger partial charge < -0.3 is 19.5 Å². The lowest BCUT2D eigenvalue weighted by Crippen LogP contribution is -2.49. The van der Waals surface area contributed by atoms with Crippen LogP contribution in [0.1, 0.15) is 40.2 Å². The van der Waals surface area contributed by atoms with E-state index in [0.29, 0.717) is 25.7 Å². The number of hydrogen-bond donors (Lipinski definition) is 1. The van der Waals surface area contributed by atoms with Crippen LogP contribution in [0.5, 0.6) is 0 Å². The zero-order valence-electron chi connectivity index (χ0n) is 16.3. The number of piperidine rings is 1. The van der Waals surface area contributed by atoms with Gasteiger partial charge in [-0.2, -0.15) is 0 Å². The lowest BCUT2D eigenvalue weighted by atomic mass is 10.1. The summed E-state index contributed by atoms with van der Waals surface area (Å²) in [5.74, 6) is 0.377. The van der Waals surface area contributed by atoms with E-state index in [2.05, 4.69) is 15.2 Å². The summed E-state index contributed by atoms with van der Waals surface area (Å²) in [5, 5.41) is 3.02. The van der Waals surface area contributed by atoms with Gasteiger partial charge in [0.2, 0.25) is 5.95 Å². The third-order valence-electron chi connectivity index (χ3n) is 5.52. The summed E-state index contributed by atoms with van der Waals surface area (Å²) in [6.07, 6.45) is 4.44. The van der Waals surface area contributed by atoms with Gasteiger partial charge in [-0.1, -0.05) is 0 Å². The summed E-state index contributed by atoms with van der Waals surface area (Å²) < 4.78 is 6.93. The Bertz CT molecular complexity index is 955. The minimum absolute atomic E-state index is 0.0461. The smallest absolute Gasteiger partial charge is 0.263 e. The number of aromatic nitrogens is 3. The van der Waals surface area contributed by atoms with E-state index in [0.717, 1.165) is 42.8 Å². The van der Waals surface area contributed by atoms with Gasteiger partial charge in [0.15, 0.2) is 0 Å². The minimum atomic E-state index is -0.323. The van der Waals surface area contributed by atoms with E-state index in [9.17, 15) is 9.59 Å². The van der Waals surface area contributed by atoms with Gasteiger partial charge in [-0.3, -0.25) is 9.59 Å². The van der Waals surface area contributed by atoms with Gasteiger partial charge in [-0.25, -0.2) is 9.97 Å². The number of hydrogen-bond acceptors (Lipinski definition) is 6. The van der Waals surface area contributed by atoms with Gasteiger partial charge in [-0.05, 0) is 31.9 Å². The van der Waals surface area contributed by atoms with E-state index in [4.69, 9.17) is 9.72 Å². The first-order chi connectivity index (χ1) is 13.5. The van der Waals surface area contributed by atoms with Crippen LogP contribution in [0.4, 0.5) is 5.95 Å². The molecule has 1 saturated heterocycles. The summed E-state index contributed by atoms with van der Waals surface area (Å²) in [6.45, 7) is 4.58. The Hall–Kier alpha value is -2.74. The lowest BCUT2D eigenvalue weighted by molar-refractivity contribution is 0.0930. The third-order valence-corrected chi connectivity index (χ3v) is 5.52. The SMILES string of the molecule is Cc1ccc(C(=O)N[C@H]2CCCN(c3ncc4c(n3)CCOC4)C2)c(=O)n1C. The van der Waals surface area contributed by atoms with E-state index in [1.807, 2.05) is 13.1 Å². The fourth-order valence-corrected chi connectivity index (χ4v) is 3.71. The first-order valence-electron chi connectivity index (χ1n) is 9.68. The van der Waals surface area contributed by atoms with Crippen LogP contribution in [-0.4, -0.2) is 46.2 Å². The molecule has 28 heavy (non-hydrogen) atoms. The van der Waals surface area contributed by atoms with Crippen LogP contribution in [0, 0.1) is 6.92 Å². The number of fused-ring (bicyclic) bond motifs is 1. The molecule has 4 rings (SSSR count). The van der Waals surface area contributed by atoms with Crippen LogP contribution in [0.15, 0.2) is 23.1 Å². The number of pyridine rings is 1. The van der Waals surface area contributed by atoms with Gasteiger partial charge in [0.05, 0.1) is 18.9 Å². The molecule has 4 heterocycles. The molecule has 8 heteroatoms. The predicted octanol–water partition coefficient (Wildman–Crippen LogP) is 0.955. The van der Waals surface area contributed by atoms with Crippen molar-refractivity contribution in [3.05, 3.63) is 51.2 Å². The summed E-state index contributed by atoms with van der Waals surface area (Å²) in [4.78, 5) is 36.3. The molecule has 148 valence electrons. The van der Waals surface area contributed by atoms with Gasteiger partial charge >= 0.3 is 0 Å². The largest absolute Gasteiger partial charge is 0.376 e. The topological polar surface area (TPSA) is 89.4 Å². The monoisotopic (exact) mass is 383 g/mol. The first kappa shape index (κ1) is 18.6. The maximum absolute atomic E-state index is 12.6. The molecule has 0 spiro atoms. The average molecular weight is 383 g/mol. The molecule has 1 N–H and O–H groups in total. The Morgan fingerprint density at radius 3 is 3.07 bits per heavy atom. The summed E-state index contributed by atoms with van der Waals surface area (Å²) in [5.41, 5.74) is 2.82. The van der Waals surface area contributed by atoms with Gasteiger partial charge in [0, 0.05) is 50.1 Å². The number of amides is 1. The van der Waals surface area contributed by atoms with Crippen molar-refractivity contribution in [3.63, 3.8) is 0 Å².